The summed E-state index contributed by atoms with van der Waals surface area (Å²) in [5.74, 6) is 0.757. The van der Waals surface area contributed by atoms with Crippen molar-refractivity contribution in [2.24, 2.45) is 0 Å². The fourth-order valence-electron chi connectivity index (χ4n) is 1.35. The van der Waals surface area contributed by atoms with Crippen molar-refractivity contribution in [3.05, 3.63) is 58.2 Å². The van der Waals surface area contributed by atoms with E-state index in [2.05, 4.69) is 10.3 Å². The third-order valence-electron chi connectivity index (χ3n) is 2.08. The number of rotatable bonds is 3. The molecule has 0 aliphatic rings. The van der Waals surface area contributed by atoms with Crippen molar-refractivity contribution >= 4 is 29.0 Å². The minimum absolute atomic E-state index is 0.482. The van der Waals surface area contributed by atoms with Gasteiger partial charge < -0.3 is 5.32 Å². The zero-order chi connectivity index (χ0) is 11.4. The van der Waals surface area contributed by atoms with Crippen molar-refractivity contribution in [2.75, 3.05) is 5.32 Å². The van der Waals surface area contributed by atoms with Crippen LogP contribution in [0.3, 0.4) is 0 Å². The minimum atomic E-state index is 0.482. The van der Waals surface area contributed by atoms with E-state index in [-0.39, 0.29) is 0 Å². The molecule has 0 saturated carbocycles. The first-order chi connectivity index (χ1) is 7.74. The number of pyridine rings is 1. The maximum absolute atomic E-state index is 5.89. The van der Waals surface area contributed by atoms with Crippen LogP contribution in [0.1, 0.15) is 5.56 Å². The maximum atomic E-state index is 5.89. The number of nitrogens with one attached hydrogen (secondary N) is 1. The highest BCUT2D eigenvalue weighted by molar-refractivity contribution is 6.30. The molecular formula is C12H10Cl2N2. The molecule has 2 rings (SSSR count). The van der Waals surface area contributed by atoms with E-state index in [1.54, 1.807) is 6.07 Å². The molecule has 1 heterocycles. The molecule has 2 aromatic rings. The molecule has 0 aliphatic carbocycles. The summed E-state index contributed by atoms with van der Waals surface area (Å²) in [6, 6.07) is 13.2. The lowest BCUT2D eigenvalue weighted by Gasteiger charge is -2.05. The Morgan fingerprint density at radius 2 is 1.88 bits per heavy atom. The van der Waals surface area contributed by atoms with E-state index in [9.17, 15) is 0 Å². The van der Waals surface area contributed by atoms with Crippen LogP contribution in [-0.4, -0.2) is 4.98 Å². The van der Waals surface area contributed by atoms with Gasteiger partial charge in [0.05, 0.1) is 0 Å². The van der Waals surface area contributed by atoms with Crippen molar-refractivity contribution in [3.8, 4) is 0 Å². The van der Waals surface area contributed by atoms with Crippen molar-refractivity contribution in [1.29, 1.82) is 0 Å². The number of hydrogen-bond donors (Lipinski definition) is 1. The van der Waals surface area contributed by atoms with Gasteiger partial charge in [0.1, 0.15) is 11.0 Å². The highest BCUT2D eigenvalue weighted by Gasteiger charge is 1.96. The van der Waals surface area contributed by atoms with Gasteiger partial charge in [0, 0.05) is 11.6 Å². The van der Waals surface area contributed by atoms with Crippen molar-refractivity contribution in [2.45, 2.75) is 6.54 Å². The zero-order valence-electron chi connectivity index (χ0n) is 8.45. The van der Waals surface area contributed by atoms with Crippen LogP contribution in [0.2, 0.25) is 10.2 Å². The Bertz CT molecular complexity index is 440. The van der Waals surface area contributed by atoms with E-state index in [1.165, 1.54) is 0 Å². The van der Waals surface area contributed by atoms with Crippen LogP contribution >= 0.6 is 23.2 Å². The molecule has 0 spiro atoms. The average molecular weight is 253 g/mol. The van der Waals surface area contributed by atoms with Crippen LogP contribution in [0.15, 0.2) is 42.5 Å². The predicted molar refractivity (Wildman–Crippen MR) is 68.0 cm³/mol. The van der Waals surface area contributed by atoms with Gasteiger partial charge in [-0.05, 0) is 29.8 Å². The Labute approximate surface area is 104 Å². The van der Waals surface area contributed by atoms with Gasteiger partial charge in [0.25, 0.3) is 0 Å². The quantitative estimate of drug-likeness (QED) is 0.836. The smallest absolute Gasteiger partial charge is 0.131 e. The van der Waals surface area contributed by atoms with E-state index >= 15 is 0 Å². The van der Waals surface area contributed by atoms with Crippen LogP contribution in [-0.2, 0) is 6.54 Å². The fourth-order valence-corrected chi connectivity index (χ4v) is 1.72. The summed E-state index contributed by atoms with van der Waals surface area (Å²) in [6.07, 6.45) is 0. The Hall–Kier alpha value is -1.25. The van der Waals surface area contributed by atoms with Crippen LogP contribution in [0.5, 0.6) is 0 Å². The van der Waals surface area contributed by atoms with Gasteiger partial charge in [-0.1, -0.05) is 41.4 Å². The van der Waals surface area contributed by atoms with Crippen LogP contribution in [0.4, 0.5) is 5.82 Å². The number of aromatic nitrogens is 1. The summed E-state index contributed by atoms with van der Waals surface area (Å²) < 4.78 is 0. The molecule has 0 bridgehead atoms. The lowest BCUT2D eigenvalue weighted by molar-refractivity contribution is 1.11. The van der Waals surface area contributed by atoms with Gasteiger partial charge in [-0.3, -0.25) is 0 Å². The number of hydrogen-bond acceptors (Lipinski definition) is 2. The van der Waals surface area contributed by atoms with Gasteiger partial charge in [-0.2, -0.15) is 0 Å². The molecule has 0 saturated heterocycles. The van der Waals surface area contributed by atoms with E-state index in [0.29, 0.717) is 11.7 Å². The lowest BCUT2D eigenvalue weighted by atomic mass is 10.2. The summed E-state index contributed by atoms with van der Waals surface area (Å²) in [6.45, 7) is 0.675. The summed E-state index contributed by atoms with van der Waals surface area (Å²) in [5, 5.41) is 4.39. The standard InChI is InChI=1S/C12H10Cl2N2/c13-10-4-1-3-9(7-10)8-15-12-6-2-5-11(14)16-12/h1-7H,8H2,(H,15,16). The zero-order valence-corrected chi connectivity index (χ0v) is 9.96. The largest absolute Gasteiger partial charge is 0.366 e. The van der Waals surface area contributed by atoms with E-state index in [1.807, 2.05) is 36.4 Å². The molecule has 0 atom stereocenters. The van der Waals surface area contributed by atoms with Gasteiger partial charge in [0.2, 0.25) is 0 Å². The first-order valence-corrected chi connectivity index (χ1v) is 5.60. The Morgan fingerprint density at radius 3 is 2.62 bits per heavy atom. The Balaban J connectivity index is 2.02. The third kappa shape index (κ3) is 3.12. The first-order valence-electron chi connectivity index (χ1n) is 4.85. The molecule has 82 valence electrons. The molecule has 1 aromatic heterocycles. The number of nitrogens with zero attached hydrogens (tertiary/aromatic N) is 1. The monoisotopic (exact) mass is 252 g/mol. The van der Waals surface area contributed by atoms with Crippen LogP contribution < -0.4 is 5.32 Å². The molecule has 4 heteroatoms. The normalized spacial score (nSPS) is 10.1. The average Bonchev–Trinajstić information content (AvgIpc) is 2.27. The SMILES string of the molecule is Clc1cccc(CNc2cccc(Cl)n2)c1. The topological polar surface area (TPSA) is 24.9 Å². The fraction of sp³-hybridized carbons (Fsp3) is 0.0833. The molecule has 0 aliphatic heterocycles. The minimum Gasteiger partial charge on any atom is -0.366 e. The van der Waals surface area contributed by atoms with Gasteiger partial charge in [-0.25, -0.2) is 4.98 Å². The summed E-state index contributed by atoms with van der Waals surface area (Å²) in [5.41, 5.74) is 1.11. The van der Waals surface area contributed by atoms with E-state index in [0.717, 1.165) is 16.4 Å². The molecular weight excluding hydrogens is 243 g/mol. The van der Waals surface area contributed by atoms with Gasteiger partial charge in [-0.15, -0.1) is 0 Å². The molecule has 0 unspecified atom stereocenters. The summed E-state index contributed by atoms with van der Waals surface area (Å²) >= 11 is 11.7. The van der Waals surface area contributed by atoms with Crippen molar-refractivity contribution in [3.63, 3.8) is 0 Å². The van der Waals surface area contributed by atoms with Crippen molar-refractivity contribution in [1.82, 2.24) is 4.98 Å². The lowest BCUT2D eigenvalue weighted by Crippen LogP contribution is -2.00. The highest BCUT2D eigenvalue weighted by atomic mass is 35.5. The molecule has 0 radical (unpaired) electrons. The van der Waals surface area contributed by atoms with E-state index in [4.69, 9.17) is 23.2 Å². The molecule has 0 amide bonds. The third-order valence-corrected chi connectivity index (χ3v) is 2.52. The van der Waals surface area contributed by atoms with Crippen LogP contribution in [0.25, 0.3) is 0 Å². The molecule has 1 N–H and O–H groups in total. The van der Waals surface area contributed by atoms with Gasteiger partial charge in [0.15, 0.2) is 0 Å². The Morgan fingerprint density at radius 1 is 1.06 bits per heavy atom. The molecule has 1 aromatic carbocycles. The Kier molecular flexibility index (Phi) is 3.65. The predicted octanol–water partition coefficient (Wildman–Crippen LogP) is 4.00. The summed E-state index contributed by atoms with van der Waals surface area (Å²) in [7, 11) is 0. The summed E-state index contributed by atoms with van der Waals surface area (Å²) in [4.78, 5) is 4.13. The second-order valence-corrected chi connectivity index (χ2v) is 4.15. The maximum Gasteiger partial charge on any atom is 0.131 e. The van der Waals surface area contributed by atoms with Crippen molar-refractivity contribution < 1.29 is 0 Å². The number of benzene rings is 1. The van der Waals surface area contributed by atoms with E-state index < -0.39 is 0 Å². The number of halogens is 2. The van der Waals surface area contributed by atoms with Crippen LogP contribution in [0, 0.1) is 0 Å². The molecule has 16 heavy (non-hydrogen) atoms. The molecule has 2 nitrogen and oxygen atoms in total. The second kappa shape index (κ2) is 5.19. The van der Waals surface area contributed by atoms with Gasteiger partial charge >= 0.3 is 0 Å². The highest BCUT2D eigenvalue weighted by Crippen LogP contribution is 2.13. The first kappa shape index (κ1) is 11.2. The second-order valence-electron chi connectivity index (χ2n) is 3.33. The number of anilines is 1. The molecule has 0 fully saturated rings.